The molecule has 0 bridgehead atoms. The zero-order valence-electron chi connectivity index (χ0n) is 8.69. The molecule has 1 aliphatic rings. The van der Waals surface area contributed by atoms with Crippen LogP contribution in [0.4, 0.5) is 5.82 Å². The van der Waals surface area contributed by atoms with E-state index in [-0.39, 0.29) is 0 Å². The number of piperidine rings is 1. The lowest BCUT2D eigenvalue weighted by Gasteiger charge is -2.32. The summed E-state index contributed by atoms with van der Waals surface area (Å²) in [6, 6.07) is 0. The van der Waals surface area contributed by atoms with Crippen LogP contribution in [-0.4, -0.2) is 36.3 Å². The number of halogens is 1. The van der Waals surface area contributed by atoms with Crippen molar-refractivity contribution < 1.29 is 4.74 Å². The quantitative estimate of drug-likeness (QED) is 0.772. The summed E-state index contributed by atoms with van der Waals surface area (Å²) in [5.41, 5.74) is 0. The fourth-order valence-electron chi connectivity index (χ4n) is 1.81. The predicted molar refractivity (Wildman–Crippen MR) is 59.3 cm³/mol. The minimum absolute atomic E-state index is 0.302. The number of methoxy groups -OCH3 is 1. The van der Waals surface area contributed by atoms with Crippen LogP contribution >= 0.6 is 11.6 Å². The third kappa shape index (κ3) is 2.58. The fraction of sp³-hybridized carbons (Fsp3) is 0.600. The fourth-order valence-corrected chi connectivity index (χ4v) is 1.91. The Hall–Kier alpha value is -0.870. The van der Waals surface area contributed by atoms with Crippen LogP contribution in [0, 0.1) is 0 Å². The van der Waals surface area contributed by atoms with E-state index in [1.54, 1.807) is 19.5 Å². The van der Waals surface area contributed by atoms with Crippen LogP contribution in [0.3, 0.4) is 0 Å². The molecule has 1 fully saturated rings. The van der Waals surface area contributed by atoms with E-state index in [0.29, 0.717) is 11.3 Å². The molecule has 0 saturated carbocycles. The Morgan fingerprint density at radius 3 is 3.00 bits per heavy atom. The average molecular weight is 228 g/mol. The summed E-state index contributed by atoms with van der Waals surface area (Å²) < 4.78 is 5.35. The molecule has 0 amide bonds. The molecule has 1 unspecified atom stereocenters. The molecule has 82 valence electrons. The van der Waals surface area contributed by atoms with Crippen LogP contribution in [0.2, 0.25) is 5.15 Å². The minimum atomic E-state index is 0.302. The van der Waals surface area contributed by atoms with Gasteiger partial charge >= 0.3 is 0 Å². The Bertz CT molecular complexity index is 317. The second-order valence-electron chi connectivity index (χ2n) is 3.64. The van der Waals surface area contributed by atoms with Crippen molar-refractivity contribution in [3.63, 3.8) is 0 Å². The summed E-state index contributed by atoms with van der Waals surface area (Å²) in [7, 11) is 1.75. The van der Waals surface area contributed by atoms with Gasteiger partial charge in [0.25, 0.3) is 0 Å². The van der Waals surface area contributed by atoms with Crippen molar-refractivity contribution in [2.75, 3.05) is 25.1 Å². The molecular formula is C10H14ClN3O. The molecule has 1 atom stereocenters. The molecule has 4 nitrogen and oxygen atoms in total. The standard InChI is InChI=1S/C10H14ClN3O/c1-15-8-3-2-4-14(7-8)10-6-12-9(11)5-13-10/h5-6,8H,2-4,7H2,1H3. The molecule has 0 spiro atoms. The number of rotatable bonds is 2. The van der Waals surface area contributed by atoms with Crippen molar-refractivity contribution in [1.29, 1.82) is 0 Å². The van der Waals surface area contributed by atoms with Gasteiger partial charge in [-0.05, 0) is 12.8 Å². The van der Waals surface area contributed by atoms with E-state index >= 15 is 0 Å². The summed E-state index contributed by atoms with van der Waals surface area (Å²) >= 11 is 5.69. The molecule has 1 aromatic rings. The van der Waals surface area contributed by atoms with Gasteiger partial charge in [0.2, 0.25) is 0 Å². The molecular weight excluding hydrogens is 214 g/mol. The lowest BCUT2D eigenvalue weighted by atomic mass is 10.1. The largest absolute Gasteiger partial charge is 0.380 e. The van der Waals surface area contributed by atoms with Crippen molar-refractivity contribution in [3.05, 3.63) is 17.5 Å². The van der Waals surface area contributed by atoms with Crippen LogP contribution in [0.5, 0.6) is 0 Å². The molecule has 0 N–H and O–H groups in total. The molecule has 0 aromatic carbocycles. The highest BCUT2D eigenvalue weighted by Crippen LogP contribution is 2.18. The average Bonchev–Trinajstić information content (AvgIpc) is 2.30. The van der Waals surface area contributed by atoms with Crippen molar-refractivity contribution in [1.82, 2.24) is 9.97 Å². The van der Waals surface area contributed by atoms with Gasteiger partial charge in [-0.25, -0.2) is 9.97 Å². The molecule has 5 heteroatoms. The lowest BCUT2D eigenvalue weighted by Crippen LogP contribution is -2.39. The topological polar surface area (TPSA) is 38.2 Å². The van der Waals surface area contributed by atoms with Gasteiger partial charge in [-0.3, -0.25) is 0 Å². The Labute approximate surface area is 94.2 Å². The zero-order chi connectivity index (χ0) is 10.7. The summed E-state index contributed by atoms with van der Waals surface area (Å²) in [6.45, 7) is 1.89. The van der Waals surface area contributed by atoms with Crippen molar-refractivity contribution >= 4 is 17.4 Å². The monoisotopic (exact) mass is 227 g/mol. The summed E-state index contributed by atoms with van der Waals surface area (Å²) in [5.74, 6) is 0.876. The highest BCUT2D eigenvalue weighted by atomic mass is 35.5. The maximum atomic E-state index is 5.69. The van der Waals surface area contributed by atoms with Gasteiger partial charge in [-0.2, -0.15) is 0 Å². The summed E-state index contributed by atoms with van der Waals surface area (Å²) in [4.78, 5) is 10.5. The predicted octanol–water partition coefficient (Wildman–Crippen LogP) is 1.75. The molecule has 0 aliphatic carbocycles. The maximum Gasteiger partial charge on any atom is 0.147 e. The van der Waals surface area contributed by atoms with Gasteiger partial charge in [0.15, 0.2) is 0 Å². The SMILES string of the molecule is COC1CCCN(c2cnc(Cl)cn2)C1. The van der Waals surface area contributed by atoms with Gasteiger partial charge in [0, 0.05) is 20.2 Å². The van der Waals surface area contributed by atoms with E-state index in [4.69, 9.17) is 16.3 Å². The van der Waals surface area contributed by atoms with E-state index in [9.17, 15) is 0 Å². The second kappa shape index (κ2) is 4.77. The molecule has 15 heavy (non-hydrogen) atoms. The molecule has 0 radical (unpaired) electrons. The molecule has 2 heterocycles. The van der Waals surface area contributed by atoms with E-state index in [1.807, 2.05) is 0 Å². The van der Waals surface area contributed by atoms with E-state index < -0.39 is 0 Å². The number of hydrogen-bond acceptors (Lipinski definition) is 4. The van der Waals surface area contributed by atoms with Crippen LogP contribution in [-0.2, 0) is 4.74 Å². The van der Waals surface area contributed by atoms with Crippen LogP contribution < -0.4 is 4.90 Å². The third-order valence-corrected chi connectivity index (χ3v) is 2.84. The molecule has 1 saturated heterocycles. The summed E-state index contributed by atoms with van der Waals surface area (Å²) in [6.07, 6.45) is 5.83. The van der Waals surface area contributed by atoms with Crippen LogP contribution in [0.1, 0.15) is 12.8 Å². The van der Waals surface area contributed by atoms with E-state index in [2.05, 4.69) is 14.9 Å². The van der Waals surface area contributed by atoms with Crippen molar-refractivity contribution in [2.24, 2.45) is 0 Å². The number of anilines is 1. The first-order valence-corrected chi connectivity index (χ1v) is 5.42. The Kier molecular flexibility index (Phi) is 3.38. The van der Waals surface area contributed by atoms with E-state index in [0.717, 1.165) is 31.7 Å². The highest BCUT2D eigenvalue weighted by Gasteiger charge is 2.20. The van der Waals surface area contributed by atoms with Gasteiger partial charge in [0.05, 0.1) is 18.5 Å². The van der Waals surface area contributed by atoms with Gasteiger partial charge in [-0.1, -0.05) is 11.6 Å². The smallest absolute Gasteiger partial charge is 0.147 e. The number of aromatic nitrogens is 2. The number of hydrogen-bond donors (Lipinski definition) is 0. The molecule has 1 aliphatic heterocycles. The Morgan fingerprint density at radius 1 is 1.47 bits per heavy atom. The first kappa shape index (κ1) is 10.6. The zero-order valence-corrected chi connectivity index (χ0v) is 9.44. The highest BCUT2D eigenvalue weighted by molar-refractivity contribution is 6.29. The first-order chi connectivity index (χ1) is 7.29. The summed E-state index contributed by atoms with van der Waals surface area (Å²) in [5, 5.41) is 0.430. The van der Waals surface area contributed by atoms with E-state index in [1.165, 1.54) is 0 Å². The van der Waals surface area contributed by atoms with Crippen LogP contribution in [0.15, 0.2) is 12.4 Å². The minimum Gasteiger partial charge on any atom is -0.380 e. The van der Waals surface area contributed by atoms with Crippen LogP contribution in [0.25, 0.3) is 0 Å². The van der Waals surface area contributed by atoms with Gasteiger partial charge < -0.3 is 9.64 Å². The van der Waals surface area contributed by atoms with Gasteiger partial charge in [-0.15, -0.1) is 0 Å². The normalized spacial score (nSPS) is 21.7. The Balaban J connectivity index is 2.06. The second-order valence-corrected chi connectivity index (χ2v) is 4.03. The van der Waals surface area contributed by atoms with Gasteiger partial charge in [0.1, 0.15) is 11.0 Å². The van der Waals surface area contributed by atoms with Crippen molar-refractivity contribution in [3.8, 4) is 0 Å². The molecule has 2 rings (SSSR count). The number of nitrogens with zero attached hydrogens (tertiary/aromatic N) is 3. The number of ether oxygens (including phenoxy) is 1. The maximum absolute atomic E-state index is 5.69. The Morgan fingerprint density at radius 2 is 2.33 bits per heavy atom. The third-order valence-electron chi connectivity index (χ3n) is 2.64. The molecule has 1 aromatic heterocycles. The van der Waals surface area contributed by atoms with Crippen molar-refractivity contribution in [2.45, 2.75) is 18.9 Å². The lowest BCUT2D eigenvalue weighted by molar-refractivity contribution is 0.0891. The first-order valence-electron chi connectivity index (χ1n) is 5.05.